The van der Waals surface area contributed by atoms with Crippen LogP contribution in [0.25, 0.3) is 11.0 Å². The first-order valence-electron chi connectivity index (χ1n) is 8.13. The van der Waals surface area contributed by atoms with Crippen molar-refractivity contribution in [2.45, 2.75) is 78.6 Å². The van der Waals surface area contributed by atoms with E-state index in [4.69, 9.17) is 4.98 Å². The molecule has 0 aliphatic rings. The number of rotatable bonds is 0. The molecule has 0 radical (unpaired) electrons. The van der Waals surface area contributed by atoms with Crippen LogP contribution in [0.4, 0.5) is 0 Å². The maximum absolute atomic E-state index is 5.12. The second-order valence-corrected chi connectivity index (χ2v) is 9.36. The highest BCUT2D eigenvalue weighted by Gasteiger charge is 2.29. The van der Waals surface area contributed by atoms with Crippen molar-refractivity contribution in [3.05, 3.63) is 35.2 Å². The largest absolute Gasteiger partial charge is 0.255 e. The van der Waals surface area contributed by atoms with Gasteiger partial charge in [0.2, 0.25) is 0 Å². The first-order valence-corrected chi connectivity index (χ1v) is 8.13. The number of fused-ring (bicyclic) bond motifs is 1. The first-order chi connectivity index (χ1) is 9.82. The van der Waals surface area contributed by atoms with E-state index in [9.17, 15) is 0 Å². The van der Waals surface area contributed by atoms with Gasteiger partial charge in [-0.25, -0.2) is 0 Å². The summed E-state index contributed by atoms with van der Waals surface area (Å²) in [5.41, 5.74) is 5.94. The van der Waals surface area contributed by atoms with Crippen molar-refractivity contribution in [2.24, 2.45) is 0 Å². The number of hydrogen-bond donors (Lipinski definition) is 0. The lowest BCUT2D eigenvalue weighted by Gasteiger charge is -2.30. The van der Waals surface area contributed by atoms with Gasteiger partial charge in [0, 0.05) is 11.6 Å². The smallest absolute Gasteiger partial charge is 0.0927 e. The third-order valence-electron chi connectivity index (χ3n) is 4.04. The molecule has 0 amide bonds. The Hall–Kier alpha value is -1.44. The number of nitrogens with zero attached hydrogens (tertiary/aromatic N) is 2. The van der Waals surface area contributed by atoms with Crippen LogP contribution in [0.5, 0.6) is 0 Å². The van der Waals surface area contributed by atoms with Gasteiger partial charge in [0.1, 0.15) is 0 Å². The predicted molar refractivity (Wildman–Crippen MR) is 95.6 cm³/mol. The van der Waals surface area contributed by atoms with Crippen LogP contribution < -0.4 is 0 Å². The summed E-state index contributed by atoms with van der Waals surface area (Å²) in [5.74, 6) is 0. The average molecular weight is 298 g/mol. The molecule has 0 saturated carbocycles. The van der Waals surface area contributed by atoms with Gasteiger partial charge in [-0.2, -0.15) is 0 Å². The Labute approximate surface area is 135 Å². The van der Waals surface area contributed by atoms with Gasteiger partial charge < -0.3 is 0 Å². The van der Waals surface area contributed by atoms with Crippen molar-refractivity contribution >= 4 is 11.0 Å². The molecule has 2 nitrogen and oxygen atoms in total. The van der Waals surface area contributed by atoms with Crippen LogP contribution in [0.1, 0.15) is 79.1 Å². The molecule has 0 saturated heterocycles. The lowest BCUT2D eigenvalue weighted by atomic mass is 9.77. The van der Waals surface area contributed by atoms with Gasteiger partial charge in [-0.3, -0.25) is 9.97 Å². The summed E-state index contributed by atoms with van der Waals surface area (Å²) < 4.78 is 0. The van der Waals surface area contributed by atoms with Crippen LogP contribution in [-0.2, 0) is 16.2 Å². The summed E-state index contributed by atoms with van der Waals surface area (Å²) in [5, 5.41) is 0. The van der Waals surface area contributed by atoms with Crippen LogP contribution in [0.15, 0.2) is 18.3 Å². The fraction of sp³-hybridized carbons (Fsp3) is 0.600. The Kier molecular flexibility index (Phi) is 3.88. The van der Waals surface area contributed by atoms with Crippen molar-refractivity contribution in [1.29, 1.82) is 0 Å². The molecule has 0 aliphatic carbocycles. The number of pyridine rings is 2. The standard InChI is InChI=1S/C20H30N2/c1-18(2,3)13-10-11-21-15-12-14(19(4,5)6)17(20(7,8)9)22-16(13)15/h10-12H,1-9H3. The minimum atomic E-state index is 0.0157. The number of aromatic nitrogens is 2. The zero-order chi connectivity index (χ0) is 16.9. The molecule has 2 rings (SSSR count). The van der Waals surface area contributed by atoms with E-state index in [0.717, 1.165) is 11.0 Å². The molecule has 0 atom stereocenters. The fourth-order valence-corrected chi connectivity index (χ4v) is 2.82. The van der Waals surface area contributed by atoms with Gasteiger partial charge in [-0.05, 0) is 34.1 Å². The minimum absolute atomic E-state index is 0.0157. The van der Waals surface area contributed by atoms with Crippen molar-refractivity contribution in [3.63, 3.8) is 0 Å². The lowest BCUT2D eigenvalue weighted by molar-refractivity contribution is 0.515. The van der Waals surface area contributed by atoms with E-state index in [1.165, 1.54) is 16.8 Å². The summed E-state index contributed by atoms with van der Waals surface area (Å²) in [7, 11) is 0. The van der Waals surface area contributed by atoms with Gasteiger partial charge in [0.15, 0.2) is 0 Å². The molecule has 0 spiro atoms. The van der Waals surface area contributed by atoms with Gasteiger partial charge in [0.05, 0.1) is 16.7 Å². The second kappa shape index (κ2) is 5.04. The molecule has 2 heteroatoms. The van der Waals surface area contributed by atoms with E-state index in [1.807, 2.05) is 6.20 Å². The van der Waals surface area contributed by atoms with Crippen LogP contribution in [0, 0.1) is 0 Å². The molecule has 2 aromatic rings. The van der Waals surface area contributed by atoms with Crippen LogP contribution in [0.2, 0.25) is 0 Å². The van der Waals surface area contributed by atoms with Crippen molar-refractivity contribution < 1.29 is 0 Å². The Morgan fingerprint density at radius 2 is 1.27 bits per heavy atom. The Morgan fingerprint density at radius 3 is 1.73 bits per heavy atom. The molecule has 0 N–H and O–H groups in total. The summed E-state index contributed by atoms with van der Waals surface area (Å²) in [6.07, 6.45) is 1.91. The van der Waals surface area contributed by atoms with Crippen molar-refractivity contribution in [2.75, 3.05) is 0 Å². The SMILES string of the molecule is CC(C)(C)c1cc2nccc(C(C)(C)C)c2nc1C(C)(C)C. The summed E-state index contributed by atoms with van der Waals surface area (Å²) in [6.45, 7) is 20.2. The van der Waals surface area contributed by atoms with Crippen LogP contribution in [-0.4, -0.2) is 9.97 Å². The second-order valence-electron chi connectivity index (χ2n) is 9.36. The molecule has 120 valence electrons. The summed E-state index contributed by atoms with van der Waals surface area (Å²) >= 11 is 0. The van der Waals surface area contributed by atoms with Gasteiger partial charge >= 0.3 is 0 Å². The molecule has 2 aromatic heterocycles. The zero-order valence-corrected chi connectivity index (χ0v) is 15.6. The van der Waals surface area contributed by atoms with Gasteiger partial charge in [-0.15, -0.1) is 0 Å². The van der Waals surface area contributed by atoms with Crippen LogP contribution >= 0.6 is 0 Å². The maximum atomic E-state index is 5.12. The Balaban J connectivity index is 2.91. The topological polar surface area (TPSA) is 25.8 Å². The third kappa shape index (κ3) is 3.16. The summed E-state index contributed by atoms with van der Waals surface area (Å²) in [6, 6.07) is 4.36. The zero-order valence-electron chi connectivity index (χ0n) is 15.6. The minimum Gasteiger partial charge on any atom is -0.255 e. The molecule has 0 unspecified atom stereocenters. The molecule has 0 aromatic carbocycles. The molecule has 0 fully saturated rings. The lowest BCUT2D eigenvalue weighted by Crippen LogP contribution is -2.24. The van der Waals surface area contributed by atoms with E-state index < -0.39 is 0 Å². The van der Waals surface area contributed by atoms with Gasteiger partial charge in [0.25, 0.3) is 0 Å². The Bertz CT molecular complexity index is 692. The molecule has 22 heavy (non-hydrogen) atoms. The van der Waals surface area contributed by atoms with Crippen LogP contribution in [0.3, 0.4) is 0 Å². The van der Waals surface area contributed by atoms with E-state index >= 15 is 0 Å². The Morgan fingerprint density at radius 1 is 0.727 bits per heavy atom. The maximum Gasteiger partial charge on any atom is 0.0927 e. The highest BCUT2D eigenvalue weighted by molar-refractivity contribution is 5.80. The van der Waals surface area contributed by atoms with Gasteiger partial charge in [-0.1, -0.05) is 62.3 Å². The van der Waals surface area contributed by atoms with E-state index in [-0.39, 0.29) is 16.2 Å². The highest BCUT2D eigenvalue weighted by atomic mass is 14.8. The van der Waals surface area contributed by atoms with E-state index in [1.54, 1.807) is 0 Å². The summed E-state index contributed by atoms with van der Waals surface area (Å²) in [4.78, 5) is 9.71. The average Bonchev–Trinajstić information content (AvgIpc) is 2.33. The van der Waals surface area contributed by atoms with Crippen molar-refractivity contribution in [3.8, 4) is 0 Å². The molecule has 2 heterocycles. The predicted octanol–water partition coefficient (Wildman–Crippen LogP) is 5.52. The molecular formula is C20H30N2. The molecule has 0 aliphatic heterocycles. The van der Waals surface area contributed by atoms with Crippen molar-refractivity contribution in [1.82, 2.24) is 9.97 Å². The first kappa shape index (κ1) is 16.9. The normalized spacial score (nSPS) is 13.7. The number of hydrogen-bond acceptors (Lipinski definition) is 2. The third-order valence-corrected chi connectivity index (χ3v) is 4.04. The fourth-order valence-electron chi connectivity index (χ4n) is 2.82. The quantitative estimate of drug-likeness (QED) is 0.639. The van der Waals surface area contributed by atoms with E-state index in [0.29, 0.717) is 0 Å². The van der Waals surface area contributed by atoms with E-state index in [2.05, 4.69) is 79.4 Å². The molecular weight excluding hydrogens is 268 g/mol. The highest BCUT2D eigenvalue weighted by Crippen LogP contribution is 2.36. The molecule has 0 bridgehead atoms. The monoisotopic (exact) mass is 298 g/mol.